The summed E-state index contributed by atoms with van der Waals surface area (Å²) in [7, 11) is 3.06. The van der Waals surface area contributed by atoms with E-state index >= 15 is 0 Å². The number of hydrogen-bond donors (Lipinski definition) is 2. The van der Waals surface area contributed by atoms with E-state index in [1.165, 1.54) is 35.5 Å². The van der Waals surface area contributed by atoms with Crippen molar-refractivity contribution in [3.63, 3.8) is 0 Å². The highest BCUT2D eigenvalue weighted by atomic mass is 32.1. The summed E-state index contributed by atoms with van der Waals surface area (Å²) in [4.78, 5) is 32.5. The molecule has 2 heterocycles. The number of fused-ring (bicyclic) bond motifs is 1. The molecule has 2 N–H and O–H groups in total. The van der Waals surface area contributed by atoms with Gasteiger partial charge in [-0.15, -0.1) is 0 Å². The van der Waals surface area contributed by atoms with E-state index < -0.39 is 17.7 Å². The van der Waals surface area contributed by atoms with Gasteiger partial charge < -0.3 is 19.7 Å². The van der Waals surface area contributed by atoms with Crippen molar-refractivity contribution in [3.8, 4) is 17.2 Å². The molecule has 0 saturated carbocycles. The van der Waals surface area contributed by atoms with Crippen molar-refractivity contribution in [3.05, 3.63) is 83.4 Å². The number of aliphatic hydroxyl groups is 1. The summed E-state index contributed by atoms with van der Waals surface area (Å²) in [6.45, 7) is 0. The smallest absolute Gasteiger partial charge is 0.301 e. The molecule has 0 spiro atoms. The predicted octanol–water partition coefficient (Wildman–Crippen LogP) is 4.65. The molecule has 1 amide bonds. The summed E-state index contributed by atoms with van der Waals surface area (Å²) in [5, 5.41) is 21.3. The fourth-order valence-electron chi connectivity index (χ4n) is 4.05. The Morgan fingerprint density at radius 1 is 0.971 bits per heavy atom. The van der Waals surface area contributed by atoms with Gasteiger partial charge in [0.1, 0.15) is 23.0 Å². The van der Waals surface area contributed by atoms with Gasteiger partial charge in [-0.1, -0.05) is 35.6 Å². The first-order valence-electron chi connectivity index (χ1n) is 10.6. The summed E-state index contributed by atoms with van der Waals surface area (Å²) in [6, 6.07) is 17.1. The zero-order valence-electron chi connectivity index (χ0n) is 18.8. The Morgan fingerprint density at radius 2 is 1.69 bits per heavy atom. The van der Waals surface area contributed by atoms with Crippen molar-refractivity contribution in [2.24, 2.45) is 0 Å². The number of carbonyl (C=O) groups excluding carboxylic acids is 2. The van der Waals surface area contributed by atoms with Crippen LogP contribution in [0.3, 0.4) is 0 Å². The van der Waals surface area contributed by atoms with Crippen molar-refractivity contribution in [1.29, 1.82) is 0 Å². The molecule has 1 aliphatic heterocycles. The summed E-state index contributed by atoms with van der Waals surface area (Å²) in [6.07, 6.45) is 0. The number of methoxy groups -OCH3 is 2. The number of amides is 1. The Balaban J connectivity index is 1.71. The third-order valence-electron chi connectivity index (χ3n) is 5.79. The molecule has 1 aliphatic rings. The standard InChI is InChI=1S/C26H20N2O6S/c1-33-17-5-3-4-15(12-17)23(30)21-22(14-6-8-16(29)9-7-14)28(25(32)24(21)31)26-27-19-11-10-18(34-2)13-20(19)35-26/h3-13,22,29-30H,1-2H3/b23-21+. The number of nitrogens with zero attached hydrogens (tertiary/aromatic N) is 2. The first-order valence-corrected chi connectivity index (χ1v) is 11.4. The van der Waals surface area contributed by atoms with Crippen molar-refractivity contribution in [2.45, 2.75) is 6.04 Å². The Bertz CT molecular complexity index is 1490. The number of aromatic nitrogens is 1. The van der Waals surface area contributed by atoms with Gasteiger partial charge in [-0.05, 0) is 48.0 Å². The van der Waals surface area contributed by atoms with E-state index in [2.05, 4.69) is 4.98 Å². The fourth-order valence-corrected chi connectivity index (χ4v) is 5.07. The molecule has 9 heteroatoms. The third kappa shape index (κ3) is 3.85. The van der Waals surface area contributed by atoms with Gasteiger partial charge in [-0.25, -0.2) is 4.98 Å². The van der Waals surface area contributed by atoms with Crippen LogP contribution in [0.1, 0.15) is 17.2 Å². The molecule has 0 bridgehead atoms. The number of ether oxygens (including phenoxy) is 2. The van der Waals surface area contributed by atoms with Crippen LogP contribution in [0.2, 0.25) is 0 Å². The lowest BCUT2D eigenvalue weighted by Gasteiger charge is -2.23. The van der Waals surface area contributed by atoms with Crippen LogP contribution in [0.5, 0.6) is 17.2 Å². The molecular formula is C26H20N2O6S. The summed E-state index contributed by atoms with van der Waals surface area (Å²) < 4.78 is 11.3. The van der Waals surface area contributed by atoms with Gasteiger partial charge in [0.2, 0.25) is 0 Å². The van der Waals surface area contributed by atoms with E-state index in [1.807, 2.05) is 0 Å². The maximum atomic E-state index is 13.3. The molecule has 1 saturated heterocycles. The van der Waals surface area contributed by atoms with Gasteiger partial charge >= 0.3 is 5.91 Å². The second-order valence-corrected chi connectivity index (χ2v) is 8.83. The summed E-state index contributed by atoms with van der Waals surface area (Å²) in [5.41, 5.74) is 1.43. The SMILES string of the molecule is COc1cccc(/C(O)=C2\C(=O)C(=O)N(c3nc4ccc(OC)cc4s3)C2c2ccc(O)cc2)c1. The first-order chi connectivity index (χ1) is 16.9. The monoisotopic (exact) mass is 488 g/mol. The molecule has 1 atom stereocenters. The number of benzene rings is 3. The molecule has 1 unspecified atom stereocenters. The minimum Gasteiger partial charge on any atom is -0.508 e. The van der Waals surface area contributed by atoms with Crippen molar-refractivity contribution >= 4 is 44.1 Å². The largest absolute Gasteiger partial charge is 0.508 e. The second-order valence-electron chi connectivity index (χ2n) is 7.82. The highest BCUT2D eigenvalue weighted by molar-refractivity contribution is 7.22. The Morgan fingerprint density at radius 3 is 2.40 bits per heavy atom. The minimum absolute atomic E-state index is 0.0329. The van der Waals surface area contributed by atoms with Crippen LogP contribution in [0, 0.1) is 0 Å². The number of aromatic hydroxyl groups is 1. The molecule has 176 valence electrons. The lowest BCUT2D eigenvalue weighted by Crippen LogP contribution is -2.29. The van der Waals surface area contributed by atoms with E-state index in [-0.39, 0.29) is 17.1 Å². The van der Waals surface area contributed by atoms with Crippen LogP contribution < -0.4 is 14.4 Å². The van der Waals surface area contributed by atoms with Gasteiger partial charge in [-0.3, -0.25) is 14.5 Å². The van der Waals surface area contributed by atoms with Crippen LogP contribution in [0.15, 0.2) is 72.3 Å². The topological polar surface area (TPSA) is 109 Å². The normalized spacial score (nSPS) is 17.2. The zero-order valence-corrected chi connectivity index (χ0v) is 19.6. The maximum absolute atomic E-state index is 13.3. The van der Waals surface area contributed by atoms with E-state index in [4.69, 9.17) is 9.47 Å². The van der Waals surface area contributed by atoms with Crippen LogP contribution in [-0.4, -0.2) is 41.1 Å². The predicted molar refractivity (Wildman–Crippen MR) is 132 cm³/mol. The van der Waals surface area contributed by atoms with Crippen molar-refractivity contribution in [1.82, 2.24) is 4.98 Å². The summed E-state index contributed by atoms with van der Waals surface area (Å²) >= 11 is 1.24. The van der Waals surface area contributed by atoms with Gasteiger partial charge in [0.05, 0.1) is 36.1 Å². The summed E-state index contributed by atoms with van der Waals surface area (Å²) in [5.74, 6) is -0.803. The van der Waals surface area contributed by atoms with Gasteiger partial charge in [-0.2, -0.15) is 0 Å². The first kappa shape index (κ1) is 22.4. The number of hydrogen-bond acceptors (Lipinski definition) is 8. The number of rotatable bonds is 5. The number of phenols is 1. The lowest BCUT2D eigenvalue weighted by molar-refractivity contribution is -0.132. The van der Waals surface area contributed by atoms with Gasteiger partial charge in [0.15, 0.2) is 5.13 Å². The average molecular weight is 489 g/mol. The highest BCUT2D eigenvalue weighted by Gasteiger charge is 2.48. The van der Waals surface area contributed by atoms with Crippen LogP contribution in [-0.2, 0) is 9.59 Å². The molecule has 0 aliphatic carbocycles. The van der Waals surface area contributed by atoms with Crippen LogP contribution >= 0.6 is 11.3 Å². The molecule has 1 fully saturated rings. The molecule has 5 rings (SSSR count). The van der Waals surface area contributed by atoms with E-state index in [1.54, 1.807) is 61.7 Å². The Labute approximate surface area is 204 Å². The lowest BCUT2D eigenvalue weighted by atomic mass is 9.95. The molecule has 3 aromatic carbocycles. The fraction of sp³-hybridized carbons (Fsp3) is 0.115. The van der Waals surface area contributed by atoms with E-state index in [9.17, 15) is 19.8 Å². The molecule has 35 heavy (non-hydrogen) atoms. The van der Waals surface area contributed by atoms with Crippen LogP contribution in [0.4, 0.5) is 5.13 Å². The minimum atomic E-state index is -0.954. The van der Waals surface area contributed by atoms with Gasteiger partial charge in [0, 0.05) is 5.56 Å². The number of phenolic OH excluding ortho intramolecular Hbond substituents is 1. The molecular weight excluding hydrogens is 468 g/mol. The van der Waals surface area contributed by atoms with E-state index in [0.717, 1.165) is 4.70 Å². The van der Waals surface area contributed by atoms with Gasteiger partial charge in [0.25, 0.3) is 5.78 Å². The highest BCUT2D eigenvalue weighted by Crippen LogP contribution is 2.45. The zero-order chi connectivity index (χ0) is 24.7. The Hall–Kier alpha value is -4.37. The average Bonchev–Trinajstić information content (AvgIpc) is 3.41. The van der Waals surface area contributed by atoms with Crippen LogP contribution in [0.25, 0.3) is 16.0 Å². The van der Waals surface area contributed by atoms with E-state index in [0.29, 0.717) is 33.3 Å². The molecule has 4 aromatic rings. The quantitative estimate of drug-likeness (QED) is 0.239. The number of carbonyl (C=O) groups is 2. The Kier molecular flexibility index (Phi) is 5.62. The number of thiazole rings is 1. The van der Waals surface area contributed by atoms with Crippen molar-refractivity contribution < 1.29 is 29.3 Å². The maximum Gasteiger partial charge on any atom is 0.301 e. The second kappa shape index (κ2) is 8.77. The number of aliphatic hydroxyl groups excluding tert-OH is 1. The molecule has 1 aromatic heterocycles. The third-order valence-corrected chi connectivity index (χ3v) is 6.80. The molecule has 0 radical (unpaired) electrons. The number of ketones is 1. The molecule has 8 nitrogen and oxygen atoms in total. The number of anilines is 1. The number of Topliss-reactive ketones (excluding diaryl/α,β-unsaturated/α-hetero) is 1. The van der Waals surface area contributed by atoms with Crippen molar-refractivity contribution in [2.75, 3.05) is 19.1 Å².